The maximum Gasteiger partial charge on any atom is 0.148 e. The van der Waals surface area contributed by atoms with Crippen molar-refractivity contribution < 1.29 is 4.39 Å². The van der Waals surface area contributed by atoms with Crippen LogP contribution in [0.25, 0.3) is 11.3 Å². The molecule has 3 nitrogen and oxygen atoms in total. The molecule has 17 heavy (non-hydrogen) atoms. The molecule has 0 unspecified atom stereocenters. The van der Waals surface area contributed by atoms with E-state index in [1.807, 2.05) is 0 Å². The van der Waals surface area contributed by atoms with Crippen molar-refractivity contribution in [3.63, 3.8) is 0 Å². The highest BCUT2D eigenvalue weighted by Crippen LogP contribution is 2.20. The maximum atomic E-state index is 13.5. The van der Waals surface area contributed by atoms with Crippen LogP contribution in [0.2, 0.25) is 0 Å². The van der Waals surface area contributed by atoms with Crippen LogP contribution in [-0.4, -0.2) is 22.5 Å². The molecule has 2 rings (SSSR count). The fourth-order valence-corrected chi connectivity index (χ4v) is 1.53. The van der Waals surface area contributed by atoms with Crippen LogP contribution in [0.3, 0.4) is 0 Å². The average Bonchev–Trinajstić information content (AvgIpc) is 2.38. The van der Waals surface area contributed by atoms with Crippen LogP contribution in [0.5, 0.6) is 0 Å². The van der Waals surface area contributed by atoms with Crippen LogP contribution in [0.4, 0.5) is 10.2 Å². The van der Waals surface area contributed by atoms with Gasteiger partial charge < -0.3 is 5.32 Å². The molecule has 0 aliphatic carbocycles. The lowest BCUT2D eigenvalue weighted by molar-refractivity contribution is 0.630. The van der Waals surface area contributed by atoms with E-state index < -0.39 is 0 Å². The third-order valence-corrected chi connectivity index (χ3v) is 2.46. The van der Waals surface area contributed by atoms with Crippen LogP contribution in [0.1, 0.15) is 0 Å². The predicted octanol–water partition coefficient (Wildman–Crippen LogP) is 2.62. The summed E-state index contributed by atoms with van der Waals surface area (Å²) in [5.41, 5.74) is 0.986. The van der Waals surface area contributed by atoms with Gasteiger partial charge in [-0.15, -0.1) is 10.2 Å². The fourth-order valence-electron chi connectivity index (χ4n) is 1.42. The third kappa shape index (κ3) is 2.94. The lowest BCUT2D eigenvalue weighted by atomic mass is 10.1. The number of rotatable bonds is 4. The van der Waals surface area contributed by atoms with Gasteiger partial charge in [-0.25, -0.2) is 4.39 Å². The van der Waals surface area contributed by atoms with Gasteiger partial charge in [0.15, 0.2) is 0 Å². The summed E-state index contributed by atoms with van der Waals surface area (Å²) in [5, 5.41) is 11.0. The second kappa shape index (κ2) is 5.63. The molecule has 0 aliphatic heterocycles. The highest BCUT2D eigenvalue weighted by atomic mass is 32.1. The van der Waals surface area contributed by atoms with Crippen LogP contribution in [-0.2, 0) is 0 Å². The zero-order chi connectivity index (χ0) is 12.1. The molecule has 2 aromatic rings. The zero-order valence-corrected chi connectivity index (χ0v) is 9.99. The molecule has 0 fully saturated rings. The van der Waals surface area contributed by atoms with Gasteiger partial charge in [0, 0.05) is 17.9 Å². The largest absolute Gasteiger partial charge is 0.368 e. The van der Waals surface area contributed by atoms with Gasteiger partial charge in [-0.2, -0.15) is 12.6 Å². The number of nitrogens with zero attached hydrogens (tertiary/aromatic N) is 2. The molecule has 0 bridgehead atoms. The van der Waals surface area contributed by atoms with Gasteiger partial charge in [0.05, 0.1) is 5.69 Å². The van der Waals surface area contributed by atoms with Crippen molar-refractivity contribution in [2.45, 2.75) is 0 Å². The quantitative estimate of drug-likeness (QED) is 0.818. The van der Waals surface area contributed by atoms with Gasteiger partial charge in [0.1, 0.15) is 11.6 Å². The molecule has 1 heterocycles. The van der Waals surface area contributed by atoms with Crippen molar-refractivity contribution in [1.29, 1.82) is 0 Å². The van der Waals surface area contributed by atoms with E-state index >= 15 is 0 Å². The molecule has 88 valence electrons. The number of nitrogens with one attached hydrogen (secondary N) is 1. The maximum absolute atomic E-state index is 13.5. The summed E-state index contributed by atoms with van der Waals surface area (Å²) in [6.45, 7) is 0.719. The first-order valence-electron chi connectivity index (χ1n) is 5.24. The number of benzene rings is 1. The number of hydrogen-bond acceptors (Lipinski definition) is 4. The molecule has 0 atom stereocenters. The summed E-state index contributed by atoms with van der Waals surface area (Å²) >= 11 is 4.08. The van der Waals surface area contributed by atoms with Crippen molar-refractivity contribution in [2.75, 3.05) is 17.6 Å². The first kappa shape index (κ1) is 11.9. The normalized spacial score (nSPS) is 10.2. The molecular weight excluding hydrogens is 237 g/mol. The Hall–Kier alpha value is -1.62. The molecule has 1 N–H and O–H groups in total. The molecule has 1 aromatic carbocycles. The summed E-state index contributed by atoms with van der Waals surface area (Å²) in [5.74, 6) is 1.09. The van der Waals surface area contributed by atoms with E-state index in [2.05, 4.69) is 28.1 Å². The van der Waals surface area contributed by atoms with Crippen molar-refractivity contribution in [3.8, 4) is 11.3 Å². The second-order valence-electron chi connectivity index (χ2n) is 3.43. The molecule has 0 saturated carbocycles. The summed E-state index contributed by atoms with van der Waals surface area (Å²) in [4.78, 5) is 0. The highest BCUT2D eigenvalue weighted by Gasteiger charge is 2.05. The fraction of sp³-hybridized carbons (Fsp3) is 0.167. The monoisotopic (exact) mass is 249 g/mol. The lowest BCUT2D eigenvalue weighted by Gasteiger charge is -2.04. The Morgan fingerprint density at radius 1 is 1.12 bits per heavy atom. The Labute approximate surface area is 104 Å². The first-order valence-corrected chi connectivity index (χ1v) is 5.88. The van der Waals surface area contributed by atoms with E-state index in [9.17, 15) is 4.39 Å². The van der Waals surface area contributed by atoms with Crippen molar-refractivity contribution >= 4 is 18.4 Å². The van der Waals surface area contributed by atoms with E-state index in [-0.39, 0.29) is 5.82 Å². The Morgan fingerprint density at radius 2 is 1.94 bits per heavy atom. The standard InChI is InChI=1S/C12H12FN3S/c13-10-4-2-1-3-9(10)11-5-6-12(16-15-11)14-7-8-17/h1-6,17H,7-8H2,(H,14,16). The summed E-state index contributed by atoms with van der Waals surface area (Å²) in [6, 6.07) is 10.0. The smallest absolute Gasteiger partial charge is 0.148 e. The molecule has 5 heteroatoms. The van der Waals surface area contributed by atoms with Crippen LogP contribution >= 0.6 is 12.6 Å². The van der Waals surface area contributed by atoms with Crippen LogP contribution < -0.4 is 5.32 Å². The minimum Gasteiger partial charge on any atom is -0.368 e. The van der Waals surface area contributed by atoms with Crippen molar-refractivity contribution in [2.24, 2.45) is 0 Å². The van der Waals surface area contributed by atoms with E-state index in [0.29, 0.717) is 17.1 Å². The summed E-state index contributed by atoms with van der Waals surface area (Å²) in [7, 11) is 0. The summed E-state index contributed by atoms with van der Waals surface area (Å²) in [6.07, 6.45) is 0. The first-order chi connectivity index (χ1) is 8.31. The Morgan fingerprint density at radius 3 is 2.59 bits per heavy atom. The minimum absolute atomic E-state index is 0.294. The van der Waals surface area contributed by atoms with Crippen molar-refractivity contribution in [3.05, 3.63) is 42.2 Å². The van der Waals surface area contributed by atoms with Crippen LogP contribution in [0.15, 0.2) is 36.4 Å². The third-order valence-electron chi connectivity index (χ3n) is 2.23. The van der Waals surface area contributed by atoms with Gasteiger partial charge in [-0.05, 0) is 24.3 Å². The minimum atomic E-state index is -0.294. The molecular formula is C12H12FN3S. The number of aromatic nitrogens is 2. The van der Waals surface area contributed by atoms with E-state index in [1.54, 1.807) is 30.3 Å². The molecule has 0 amide bonds. The van der Waals surface area contributed by atoms with E-state index in [4.69, 9.17) is 0 Å². The zero-order valence-electron chi connectivity index (χ0n) is 9.10. The molecule has 0 radical (unpaired) electrons. The van der Waals surface area contributed by atoms with Gasteiger partial charge in [0.2, 0.25) is 0 Å². The Balaban J connectivity index is 2.21. The number of thiol groups is 1. The number of halogens is 1. The van der Waals surface area contributed by atoms with Gasteiger partial charge in [-0.3, -0.25) is 0 Å². The summed E-state index contributed by atoms with van der Waals surface area (Å²) < 4.78 is 13.5. The van der Waals surface area contributed by atoms with Crippen LogP contribution in [0, 0.1) is 5.82 Å². The SMILES string of the molecule is Fc1ccccc1-c1ccc(NCCS)nn1. The predicted molar refractivity (Wildman–Crippen MR) is 69.8 cm³/mol. The Kier molecular flexibility index (Phi) is 3.93. The van der Waals surface area contributed by atoms with E-state index in [1.165, 1.54) is 6.07 Å². The lowest BCUT2D eigenvalue weighted by Crippen LogP contribution is -2.05. The number of hydrogen-bond donors (Lipinski definition) is 2. The van der Waals surface area contributed by atoms with E-state index in [0.717, 1.165) is 12.3 Å². The van der Waals surface area contributed by atoms with Gasteiger partial charge >= 0.3 is 0 Å². The highest BCUT2D eigenvalue weighted by molar-refractivity contribution is 7.80. The van der Waals surface area contributed by atoms with Gasteiger partial charge in [0.25, 0.3) is 0 Å². The molecule has 0 spiro atoms. The molecule has 1 aromatic heterocycles. The molecule has 0 saturated heterocycles. The van der Waals surface area contributed by atoms with Crippen molar-refractivity contribution in [1.82, 2.24) is 10.2 Å². The number of anilines is 1. The average molecular weight is 249 g/mol. The van der Waals surface area contributed by atoms with Gasteiger partial charge in [-0.1, -0.05) is 12.1 Å². The molecule has 0 aliphatic rings. The Bertz CT molecular complexity index is 487. The topological polar surface area (TPSA) is 37.8 Å². The second-order valence-corrected chi connectivity index (χ2v) is 3.88.